The third-order valence-electron chi connectivity index (χ3n) is 12.6. The van der Waals surface area contributed by atoms with Crippen LogP contribution in [0.1, 0.15) is 77.3 Å². The highest BCUT2D eigenvalue weighted by Crippen LogP contribution is 2.55. The van der Waals surface area contributed by atoms with Gasteiger partial charge < -0.3 is 4.74 Å². The number of para-hydroxylation sites is 1. The Hall–Kier alpha value is -6.29. The average molecular weight is 723 g/mol. The molecular formula is C53H42N2O. The lowest BCUT2D eigenvalue weighted by Gasteiger charge is -2.34. The summed E-state index contributed by atoms with van der Waals surface area (Å²) in [6.07, 6.45) is 7.78. The molecule has 2 aliphatic carbocycles. The van der Waals surface area contributed by atoms with Crippen molar-refractivity contribution < 1.29 is 4.74 Å². The van der Waals surface area contributed by atoms with Gasteiger partial charge in [0, 0.05) is 16.9 Å². The van der Waals surface area contributed by atoms with Crippen LogP contribution in [0.3, 0.4) is 0 Å². The molecule has 0 spiro atoms. The van der Waals surface area contributed by atoms with Gasteiger partial charge in [-0.3, -0.25) is 10.3 Å². The highest BCUT2D eigenvalue weighted by molar-refractivity contribution is 6.09. The zero-order valence-electron chi connectivity index (χ0n) is 31.6. The molecule has 7 aromatic carbocycles. The van der Waals surface area contributed by atoms with E-state index in [2.05, 4.69) is 189 Å². The van der Waals surface area contributed by atoms with E-state index in [1.807, 2.05) is 6.07 Å². The van der Waals surface area contributed by atoms with Gasteiger partial charge in [-0.05, 0) is 103 Å². The van der Waals surface area contributed by atoms with E-state index in [1.165, 1.54) is 66.4 Å². The van der Waals surface area contributed by atoms with E-state index < -0.39 is 0 Å². The molecule has 4 aliphatic rings. The molecule has 0 radical (unpaired) electrons. The second-order valence-corrected chi connectivity index (χ2v) is 16.2. The Kier molecular flexibility index (Phi) is 7.62. The van der Waals surface area contributed by atoms with Crippen molar-refractivity contribution in [2.75, 3.05) is 0 Å². The zero-order chi connectivity index (χ0) is 37.4. The van der Waals surface area contributed by atoms with Gasteiger partial charge in [0.05, 0.1) is 11.8 Å². The monoisotopic (exact) mass is 722 g/mol. The van der Waals surface area contributed by atoms with Crippen molar-refractivity contribution in [1.29, 1.82) is 0 Å². The van der Waals surface area contributed by atoms with Crippen LogP contribution >= 0.6 is 0 Å². The molecule has 7 aromatic rings. The summed E-state index contributed by atoms with van der Waals surface area (Å²) in [5, 5.41) is 6.51. The molecular weight excluding hydrogens is 681 g/mol. The first-order chi connectivity index (χ1) is 27.5. The van der Waals surface area contributed by atoms with Crippen LogP contribution in [0.4, 0.5) is 0 Å². The molecule has 4 unspecified atom stereocenters. The number of benzene rings is 7. The molecule has 0 fully saturated rings. The van der Waals surface area contributed by atoms with Crippen molar-refractivity contribution in [3.8, 4) is 28.0 Å². The third kappa shape index (κ3) is 5.26. The number of ether oxygens (including phenoxy) is 1. The van der Waals surface area contributed by atoms with Gasteiger partial charge in [-0.2, -0.15) is 0 Å². The number of hydrogen-bond acceptors (Lipinski definition) is 3. The minimum atomic E-state index is -0.187. The fourth-order valence-corrected chi connectivity index (χ4v) is 9.79. The maximum absolute atomic E-state index is 6.61. The molecule has 2 aliphatic heterocycles. The molecule has 0 amide bonds. The van der Waals surface area contributed by atoms with Crippen LogP contribution in [-0.2, 0) is 5.41 Å². The minimum Gasteiger partial charge on any atom is -0.481 e. The molecule has 11 rings (SSSR count). The maximum Gasteiger partial charge on any atom is 0.160 e. The lowest BCUT2D eigenvalue weighted by molar-refractivity contribution is 0.205. The summed E-state index contributed by atoms with van der Waals surface area (Å²) in [5.74, 6) is 1.20. The first kappa shape index (κ1) is 33.1. The van der Waals surface area contributed by atoms with Gasteiger partial charge in [0.15, 0.2) is 6.10 Å². The van der Waals surface area contributed by atoms with Gasteiger partial charge in [-0.1, -0.05) is 166 Å². The summed E-state index contributed by atoms with van der Waals surface area (Å²) in [4.78, 5) is 5.22. The Balaban J connectivity index is 0.899. The summed E-state index contributed by atoms with van der Waals surface area (Å²) in [7, 11) is 0. The van der Waals surface area contributed by atoms with Crippen LogP contribution in [0, 0.1) is 0 Å². The van der Waals surface area contributed by atoms with Gasteiger partial charge in [0.1, 0.15) is 11.9 Å². The summed E-state index contributed by atoms with van der Waals surface area (Å²) in [5.41, 5.74) is 16.4. The smallest absolute Gasteiger partial charge is 0.160 e. The number of aliphatic imine (C=N–C) groups is 1. The highest BCUT2D eigenvalue weighted by Gasteiger charge is 2.42. The topological polar surface area (TPSA) is 33.6 Å². The SMILES string of the molecule is CC1(C)c2cc(C3=CCC(c4cccc(C5NC(c6ccccc6)N=C6c7ccccc7OC65)c4)C=C3)ccc2-c2c(-c3ccccc3)cc3ccccc3c21. The Morgan fingerprint density at radius 3 is 2.23 bits per heavy atom. The van der Waals surface area contributed by atoms with Crippen molar-refractivity contribution >= 4 is 22.1 Å². The second-order valence-electron chi connectivity index (χ2n) is 16.2. The van der Waals surface area contributed by atoms with Crippen LogP contribution in [0.25, 0.3) is 38.6 Å². The van der Waals surface area contributed by atoms with E-state index in [9.17, 15) is 0 Å². The predicted molar refractivity (Wildman–Crippen MR) is 230 cm³/mol. The van der Waals surface area contributed by atoms with Crippen LogP contribution in [0.2, 0.25) is 0 Å². The first-order valence-corrected chi connectivity index (χ1v) is 19.9. The van der Waals surface area contributed by atoms with Crippen LogP contribution < -0.4 is 10.1 Å². The number of allylic oxidation sites excluding steroid dienone is 4. The van der Waals surface area contributed by atoms with Crippen molar-refractivity contribution in [2.24, 2.45) is 4.99 Å². The van der Waals surface area contributed by atoms with E-state index in [0.717, 1.165) is 29.0 Å². The largest absolute Gasteiger partial charge is 0.481 e. The molecule has 3 nitrogen and oxygen atoms in total. The number of hydrogen-bond donors (Lipinski definition) is 1. The van der Waals surface area contributed by atoms with Gasteiger partial charge in [-0.25, -0.2) is 0 Å². The first-order valence-electron chi connectivity index (χ1n) is 19.9. The van der Waals surface area contributed by atoms with Gasteiger partial charge in [0.25, 0.3) is 0 Å². The van der Waals surface area contributed by atoms with Gasteiger partial charge in [0.2, 0.25) is 0 Å². The van der Waals surface area contributed by atoms with Crippen molar-refractivity contribution in [3.05, 3.63) is 215 Å². The standard InChI is InChI=1S/C53H42N2O/c1-53(2)45-32-38(28-29-42(45)47-44(35-14-5-3-6-15-35)31-39-18-9-10-21-41(39)48(47)53)34-26-24-33(25-27-34)37-19-13-20-40(30-37)49-51-50(43-22-11-12-23-46(43)56-51)55-52(54-49)36-16-7-4-8-17-36/h3-24,26-33,49,51-52,54H,25H2,1-2H3. The molecule has 0 saturated carbocycles. The fraction of sp³-hybridized carbons (Fsp3) is 0.151. The van der Waals surface area contributed by atoms with E-state index in [4.69, 9.17) is 9.73 Å². The van der Waals surface area contributed by atoms with Crippen LogP contribution in [0.5, 0.6) is 5.75 Å². The minimum absolute atomic E-state index is 0.0443. The number of nitrogens with one attached hydrogen (secondary N) is 1. The lowest BCUT2D eigenvalue weighted by atomic mass is 9.78. The highest BCUT2D eigenvalue weighted by atomic mass is 16.5. The van der Waals surface area contributed by atoms with Crippen molar-refractivity contribution in [3.63, 3.8) is 0 Å². The summed E-state index contributed by atoms with van der Waals surface area (Å²) in [6.45, 7) is 4.81. The zero-order valence-corrected chi connectivity index (χ0v) is 31.6. The Morgan fingerprint density at radius 2 is 1.39 bits per heavy atom. The lowest BCUT2D eigenvalue weighted by Crippen LogP contribution is -2.44. The predicted octanol–water partition coefficient (Wildman–Crippen LogP) is 12.5. The number of rotatable bonds is 5. The number of fused-ring (bicyclic) bond motifs is 8. The Morgan fingerprint density at radius 1 is 0.643 bits per heavy atom. The van der Waals surface area contributed by atoms with Crippen molar-refractivity contribution in [1.82, 2.24) is 5.32 Å². The van der Waals surface area contributed by atoms with Crippen LogP contribution in [0.15, 0.2) is 181 Å². The molecule has 1 N–H and O–H groups in total. The maximum atomic E-state index is 6.61. The van der Waals surface area contributed by atoms with E-state index >= 15 is 0 Å². The van der Waals surface area contributed by atoms with Gasteiger partial charge in [-0.15, -0.1) is 0 Å². The van der Waals surface area contributed by atoms with Gasteiger partial charge >= 0.3 is 0 Å². The number of nitrogens with zero attached hydrogens (tertiary/aromatic N) is 1. The van der Waals surface area contributed by atoms with E-state index in [1.54, 1.807) is 0 Å². The normalized spacial score (nSPS) is 21.3. The quantitative estimate of drug-likeness (QED) is 0.192. The summed E-state index contributed by atoms with van der Waals surface area (Å²) < 4.78 is 6.61. The molecule has 270 valence electrons. The molecule has 0 saturated heterocycles. The molecule has 2 heterocycles. The van der Waals surface area contributed by atoms with Crippen LogP contribution in [-0.4, -0.2) is 11.8 Å². The molecule has 3 heteroatoms. The fourth-order valence-electron chi connectivity index (χ4n) is 9.79. The molecule has 0 aromatic heterocycles. The van der Waals surface area contributed by atoms with E-state index in [-0.39, 0.29) is 29.6 Å². The van der Waals surface area contributed by atoms with E-state index in [0.29, 0.717) is 0 Å². The average Bonchev–Trinajstić information content (AvgIpc) is 3.75. The molecule has 56 heavy (non-hydrogen) atoms. The summed E-state index contributed by atoms with van der Waals surface area (Å²) in [6, 6.07) is 57.3. The second kappa shape index (κ2) is 12.9. The Bertz CT molecular complexity index is 2780. The van der Waals surface area contributed by atoms with Crippen molar-refractivity contribution in [2.45, 2.75) is 49.9 Å². The third-order valence-corrected chi connectivity index (χ3v) is 12.6. The molecule has 0 bridgehead atoms. The summed E-state index contributed by atoms with van der Waals surface area (Å²) >= 11 is 0. The Labute approximate surface area is 328 Å². The molecule has 4 atom stereocenters.